The molecule has 1 amide bonds. The zero-order chi connectivity index (χ0) is 19.4. The van der Waals surface area contributed by atoms with Crippen LogP contribution in [0.4, 0.5) is 5.69 Å². The van der Waals surface area contributed by atoms with Gasteiger partial charge in [0.05, 0.1) is 23.4 Å². The van der Waals surface area contributed by atoms with Crippen molar-refractivity contribution in [1.82, 2.24) is 20.3 Å². The smallest absolute Gasteiger partial charge is 0.274 e. The second kappa shape index (κ2) is 7.65. The fourth-order valence-corrected chi connectivity index (χ4v) is 2.63. The topological polar surface area (TPSA) is 112 Å². The summed E-state index contributed by atoms with van der Waals surface area (Å²) in [5.74, 6) is 0.282. The molecule has 0 saturated carbocycles. The minimum Gasteiger partial charge on any atom is -0.496 e. The highest BCUT2D eigenvalue weighted by molar-refractivity contribution is 5.93. The van der Waals surface area contributed by atoms with Crippen LogP contribution >= 0.6 is 0 Å². The lowest BCUT2D eigenvalue weighted by Gasteiger charge is -2.09. The first-order valence-electron chi connectivity index (χ1n) is 8.08. The van der Waals surface area contributed by atoms with Crippen LogP contribution in [0.5, 0.6) is 5.75 Å². The second-order valence-electron chi connectivity index (χ2n) is 5.71. The molecule has 3 aromatic rings. The highest BCUT2D eigenvalue weighted by Crippen LogP contribution is 2.19. The molecule has 138 valence electrons. The van der Waals surface area contributed by atoms with E-state index in [9.17, 15) is 14.9 Å². The Morgan fingerprint density at radius 3 is 2.78 bits per heavy atom. The van der Waals surface area contributed by atoms with Gasteiger partial charge in [0.15, 0.2) is 5.69 Å². The molecule has 0 saturated heterocycles. The summed E-state index contributed by atoms with van der Waals surface area (Å²) in [5, 5.41) is 21.6. The maximum absolute atomic E-state index is 12.5. The van der Waals surface area contributed by atoms with Crippen molar-refractivity contribution in [3.63, 3.8) is 0 Å². The van der Waals surface area contributed by atoms with E-state index >= 15 is 0 Å². The highest BCUT2D eigenvalue weighted by Gasteiger charge is 2.18. The second-order valence-corrected chi connectivity index (χ2v) is 5.71. The van der Waals surface area contributed by atoms with E-state index in [2.05, 4.69) is 15.6 Å². The Morgan fingerprint density at radius 1 is 1.26 bits per heavy atom. The molecule has 1 heterocycles. The molecule has 9 heteroatoms. The van der Waals surface area contributed by atoms with Crippen molar-refractivity contribution in [1.29, 1.82) is 0 Å². The minimum absolute atomic E-state index is 0.0652. The average molecular weight is 367 g/mol. The van der Waals surface area contributed by atoms with Gasteiger partial charge >= 0.3 is 0 Å². The molecule has 3 rings (SSSR count). The number of nitro benzene ring substituents is 1. The van der Waals surface area contributed by atoms with Crippen LogP contribution in [0.2, 0.25) is 0 Å². The first-order valence-corrected chi connectivity index (χ1v) is 8.08. The van der Waals surface area contributed by atoms with Crippen LogP contribution < -0.4 is 10.1 Å². The van der Waals surface area contributed by atoms with Gasteiger partial charge in [0, 0.05) is 24.2 Å². The van der Waals surface area contributed by atoms with Crippen molar-refractivity contribution in [3.05, 3.63) is 75.6 Å². The van der Waals surface area contributed by atoms with Crippen LogP contribution in [0, 0.1) is 17.0 Å². The molecule has 0 unspecified atom stereocenters. The number of methoxy groups -OCH3 is 1. The van der Waals surface area contributed by atoms with Crippen LogP contribution in [0.25, 0.3) is 5.69 Å². The van der Waals surface area contributed by atoms with Crippen LogP contribution in [-0.2, 0) is 6.54 Å². The number of aromatic nitrogens is 3. The summed E-state index contributed by atoms with van der Waals surface area (Å²) in [4.78, 5) is 22.9. The summed E-state index contributed by atoms with van der Waals surface area (Å²) in [6.45, 7) is 1.95. The third-order valence-electron chi connectivity index (χ3n) is 4.03. The molecule has 2 aromatic carbocycles. The highest BCUT2D eigenvalue weighted by atomic mass is 16.6. The maximum Gasteiger partial charge on any atom is 0.274 e. The molecule has 1 N–H and O–H groups in total. The zero-order valence-corrected chi connectivity index (χ0v) is 14.7. The molecule has 0 aliphatic heterocycles. The van der Waals surface area contributed by atoms with E-state index in [1.807, 2.05) is 24.3 Å². The molecular weight excluding hydrogens is 350 g/mol. The summed E-state index contributed by atoms with van der Waals surface area (Å²) in [7, 11) is 1.56. The molecule has 0 aliphatic rings. The Morgan fingerprint density at radius 2 is 2.04 bits per heavy atom. The first kappa shape index (κ1) is 18.1. The quantitative estimate of drug-likeness (QED) is 0.529. The van der Waals surface area contributed by atoms with Crippen LogP contribution in [0.15, 0.2) is 48.5 Å². The zero-order valence-electron chi connectivity index (χ0n) is 14.7. The normalized spacial score (nSPS) is 10.4. The van der Waals surface area contributed by atoms with Crippen LogP contribution in [0.3, 0.4) is 0 Å². The third kappa shape index (κ3) is 3.76. The molecule has 1 aromatic heterocycles. The van der Waals surface area contributed by atoms with E-state index in [0.717, 1.165) is 5.56 Å². The molecule has 0 spiro atoms. The molecule has 0 fully saturated rings. The van der Waals surface area contributed by atoms with Crippen LogP contribution in [0.1, 0.15) is 21.7 Å². The molecule has 0 bridgehead atoms. The van der Waals surface area contributed by atoms with Gasteiger partial charge in [-0.1, -0.05) is 29.5 Å². The fraction of sp³-hybridized carbons (Fsp3) is 0.167. The van der Waals surface area contributed by atoms with Gasteiger partial charge in [-0.25, -0.2) is 4.68 Å². The Kier molecular flexibility index (Phi) is 5.11. The lowest BCUT2D eigenvalue weighted by Crippen LogP contribution is -2.24. The SMILES string of the molecule is COc1ccccc1CNC(=O)c1nnn(-c2cccc([N+](=O)[O-])c2)c1C. The molecule has 0 radical (unpaired) electrons. The van der Waals surface area contributed by atoms with Gasteiger partial charge in [-0.05, 0) is 19.1 Å². The summed E-state index contributed by atoms with van der Waals surface area (Å²) in [6, 6.07) is 13.3. The van der Waals surface area contributed by atoms with Crippen molar-refractivity contribution in [2.45, 2.75) is 13.5 Å². The number of rotatable bonds is 6. The number of para-hydroxylation sites is 1. The van der Waals surface area contributed by atoms with E-state index in [1.54, 1.807) is 26.2 Å². The molecule has 0 atom stereocenters. The predicted molar refractivity (Wildman–Crippen MR) is 96.9 cm³/mol. The van der Waals surface area contributed by atoms with Crippen molar-refractivity contribution in [3.8, 4) is 11.4 Å². The lowest BCUT2D eigenvalue weighted by atomic mass is 10.2. The summed E-state index contributed by atoms with van der Waals surface area (Å²) < 4.78 is 6.65. The van der Waals surface area contributed by atoms with Crippen molar-refractivity contribution < 1.29 is 14.5 Å². The minimum atomic E-state index is -0.489. The molecule has 27 heavy (non-hydrogen) atoms. The van der Waals surface area contributed by atoms with Gasteiger partial charge in [-0.2, -0.15) is 0 Å². The fourth-order valence-electron chi connectivity index (χ4n) is 2.63. The van der Waals surface area contributed by atoms with E-state index in [-0.39, 0.29) is 17.9 Å². The lowest BCUT2D eigenvalue weighted by molar-refractivity contribution is -0.384. The van der Waals surface area contributed by atoms with E-state index < -0.39 is 10.8 Å². The number of hydrogen-bond acceptors (Lipinski definition) is 6. The number of benzene rings is 2. The number of nitrogens with zero attached hydrogens (tertiary/aromatic N) is 4. The third-order valence-corrected chi connectivity index (χ3v) is 4.03. The number of nitrogens with one attached hydrogen (secondary N) is 1. The molecular formula is C18H17N5O4. The number of carbonyl (C=O) groups is 1. The molecule has 9 nitrogen and oxygen atoms in total. The summed E-state index contributed by atoms with van der Waals surface area (Å²) in [5.41, 5.74) is 1.85. The summed E-state index contributed by atoms with van der Waals surface area (Å²) >= 11 is 0. The number of non-ortho nitro benzene ring substituents is 1. The standard InChI is InChI=1S/C18H17N5O4/c1-12-17(18(24)19-11-13-6-3-4-9-16(13)27-2)20-21-22(12)14-7-5-8-15(10-14)23(25)26/h3-10H,11H2,1-2H3,(H,19,24). The van der Waals surface area contributed by atoms with E-state index in [1.165, 1.54) is 16.8 Å². The van der Waals surface area contributed by atoms with Gasteiger partial charge < -0.3 is 10.1 Å². The van der Waals surface area contributed by atoms with Gasteiger partial charge in [-0.15, -0.1) is 5.10 Å². The van der Waals surface area contributed by atoms with Crippen molar-refractivity contribution >= 4 is 11.6 Å². The van der Waals surface area contributed by atoms with Gasteiger partial charge in [-0.3, -0.25) is 14.9 Å². The maximum atomic E-state index is 12.5. The largest absolute Gasteiger partial charge is 0.496 e. The van der Waals surface area contributed by atoms with Gasteiger partial charge in [0.25, 0.3) is 11.6 Å². The van der Waals surface area contributed by atoms with Crippen molar-refractivity contribution in [2.24, 2.45) is 0 Å². The Labute approximate surface area is 154 Å². The Bertz CT molecular complexity index is 999. The van der Waals surface area contributed by atoms with E-state index in [0.29, 0.717) is 17.1 Å². The predicted octanol–water partition coefficient (Wildman–Crippen LogP) is 2.42. The number of hydrogen-bond donors (Lipinski definition) is 1. The number of nitro groups is 1. The van der Waals surface area contributed by atoms with E-state index in [4.69, 9.17) is 4.74 Å². The number of amides is 1. The summed E-state index contributed by atoms with van der Waals surface area (Å²) in [6.07, 6.45) is 0. The monoisotopic (exact) mass is 367 g/mol. The molecule has 0 aliphatic carbocycles. The van der Waals surface area contributed by atoms with Gasteiger partial charge in [0.1, 0.15) is 5.75 Å². The van der Waals surface area contributed by atoms with Gasteiger partial charge in [0.2, 0.25) is 0 Å². The Balaban J connectivity index is 1.79. The first-order chi connectivity index (χ1) is 13.0. The Hall–Kier alpha value is -3.75. The van der Waals surface area contributed by atoms with Crippen LogP contribution in [-0.4, -0.2) is 32.9 Å². The number of carbonyl (C=O) groups excluding carboxylic acids is 1. The number of ether oxygens (including phenoxy) is 1. The average Bonchev–Trinajstić information content (AvgIpc) is 3.07. The van der Waals surface area contributed by atoms with Crippen molar-refractivity contribution in [2.75, 3.05) is 7.11 Å².